The van der Waals surface area contributed by atoms with Crippen molar-refractivity contribution in [3.05, 3.63) is 17.9 Å². The SMILES string of the molecule is CCOC(=O)c1ccc(S(=O)(=O)NC(C)(C)CN)o1. The summed E-state index contributed by atoms with van der Waals surface area (Å²) in [5.41, 5.74) is 4.64. The third kappa shape index (κ3) is 4.05. The molecule has 1 rings (SSSR count). The van der Waals surface area contributed by atoms with E-state index >= 15 is 0 Å². The summed E-state index contributed by atoms with van der Waals surface area (Å²) < 4.78 is 36.1. The molecule has 0 aromatic carbocycles. The van der Waals surface area contributed by atoms with E-state index < -0.39 is 21.5 Å². The van der Waals surface area contributed by atoms with Crippen molar-refractivity contribution in [1.29, 1.82) is 0 Å². The normalized spacial score (nSPS) is 12.4. The Morgan fingerprint density at radius 1 is 1.47 bits per heavy atom. The molecule has 0 aliphatic rings. The van der Waals surface area contributed by atoms with Crippen LogP contribution in [-0.2, 0) is 14.8 Å². The second-order valence-electron chi connectivity index (χ2n) is 4.53. The molecule has 0 radical (unpaired) electrons. The van der Waals surface area contributed by atoms with Crippen molar-refractivity contribution in [2.24, 2.45) is 5.73 Å². The highest BCUT2D eigenvalue weighted by atomic mass is 32.2. The molecule has 0 aliphatic heterocycles. The summed E-state index contributed by atoms with van der Waals surface area (Å²) in [6.07, 6.45) is 0. The second-order valence-corrected chi connectivity index (χ2v) is 6.15. The first kappa shape index (κ1) is 15.7. The zero-order valence-electron chi connectivity index (χ0n) is 11.1. The highest BCUT2D eigenvalue weighted by Crippen LogP contribution is 2.16. The van der Waals surface area contributed by atoms with E-state index in [9.17, 15) is 13.2 Å². The predicted octanol–water partition coefficient (Wildman–Crippen LogP) is 0.472. The van der Waals surface area contributed by atoms with E-state index in [0.29, 0.717) is 0 Å². The predicted molar refractivity (Wildman–Crippen MR) is 68.1 cm³/mol. The van der Waals surface area contributed by atoms with Gasteiger partial charge in [-0.2, -0.15) is 0 Å². The third-order valence-electron chi connectivity index (χ3n) is 2.24. The molecule has 0 aliphatic carbocycles. The Hall–Kier alpha value is -1.38. The summed E-state index contributed by atoms with van der Waals surface area (Å²) in [5, 5.41) is -0.350. The van der Waals surface area contributed by atoms with Crippen LogP contribution in [0.25, 0.3) is 0 Å². The maximum atomic E-state index is 12.0. The Morgan fingerprint density at radius 3 is 2.63 bits per heavy atom. The first-order valence-corrected chi connectivity index (χ1v) is 7.21. The standard InChI is InChI=1S/C11H18N2O5S/c1-4-17-10(14)8-5-6-9(18-8)19(15,16)13-11(2,3)7-12/h5-6,13H,4,7,12H2,1-3H3. The number of hydrogen-bond donors (Lipinski definition) is 2. The lowest BCUT2D eigenvalue weighted by Gasteiger charge is -2.22. The lowest BCUT2D eigenvalue weighted by atomic mass is 10.1. The van der Waals surface area contributed by atoms with Crippen LogP contribution in [-0.4, -0.2) is 33.1 Å². The molecular formula is C11H18N2O5S. The molecule has 1 aromatic heterocycles. The molecule has 0 saturated heterocycles. The van der Waals surface area contributed by atoms with Crippen LogP contribution in [0.5, 0.6) is 0 Å². The van der Waals surface area contributed by atoms with Gasteiger partial charge >= 0.3 is 5.97 Å². The lowest BCUT2D eigenvalue weighted by molar-refractivity contribution is 0.0484. The van der Waals surface area contributed by atoms with E-state index in [2.05, 4.69) is 4.72 Å². The van der Waals surface area contributed by atoms with E-state index in [1.165, 1.54) is 12.1 Å². The van der Waals surface area contributed by atoms with Crippen molar-refractivity contribution in [1.82, 2.24) is 4.72 Å². The number of sulfonamides is 1. The summed E-state index contributed by atoms with van der Waals surface area (Å²) >= 11 is 0. The Balaban J connectivity index is 2.95. The molecule has 19 heavy (non-hydrogen) atoms. The van der Waals surface area contributed by atoms with E-state index in [4.69, 9.17) is 14.9 Å². The maximum absolute atomic E-state index is 12.0. The molecule has 1 aromatic rings. The lowest BCUT2D eigenvalue weighted by Crippen LogP contribution is -2.48. The molecule has 8 heteroatoms. The highest BCUT2D eigenvalue weighted by Gasteiger charge is 2.28. The number of rotatable bonds is 6. The monoisotopic (exact) mass is 290 g/mol. The van der Waals surface area contributed by atoms with Gasteiger partial charge in [-0.3, -0.25) is 0 Å². The highest BCUT2D eigenvalue weighted by molar-refractivity contribution is 7.89. The van der Waals surface area contributed by atoms with Gasteiger partial charge < -0.3 is 14.9 Å². The Morgan fingerprint density at radius 2 is 2.11 bits per heavy atom. The number of furan rings is 1. The molecule has 108 valence electrons. The van der Waals surface area contributed by atoms with Gasteiger partial charge in [0, 0.05) is 12.1 Å². The van der Waals surface area contributed by atoms with Crippen LogP contribution >= 0.6 is 0 Å². The molecule has 0 unspecified atom stereocenters. The van der Waals surface area contributed by atoms with Gasteiger partial charge in [-0.05, 0) is 32.9 Å². The fourth-order valence-corrected chi connectivity index (χ4v) is 2.59. The first-order valence-electron chi connectivity index (χ1n) is 5.73. The van der Waals surface area contributed by atoms with Crippen molar-refractivity contribution in [2.45, 2.75) is 31.4 Å². The quantitative estimate of drug-likeness (QED) is 0.737. The molecule has 0 bridgehead atoms. The van der Waals surface area contributed by atoms with E-state index in [0.717, 1.165) is 0 Å². The zero-order valence-corrected chi connectivity index (χ0v) is 11.9. The van der Waals surface area contributed by atoms with Crippen molar-refractivity contribution < 1.29 is 22.4 Å². The van der Waals surface area contributed by atoms with Gasteiger partial charge in [0.25, 0.3) is 10.0 Å². The number of ether oxygens (including phenoxy) is 1. The van der Waals surface area contributed by atoms with Gasteiger partial charge in [0.05, 0.1) is 6.61 Å². The van der Waals surface area contributed by atoms with Gasteiger partial charge in [-0.15, -0.1) is 0 Å². The van der Waals surface area contributed by atoms with Crippen LogP contribution in [0.1, 0.15) is 31.3 Å². The number of esters is 1. The minimum Gasteiger partial charge on any atom is -0.460 e. The van der Waals surface area contributed by atoms with Crippen LogP contribution in [0.4, 0.5) is 0 Å². The average molecular weight is 290 g/mol. The number of carbonyl (C=O) groups is 1. The largest absolute Gasteiger partial charge is 0.460 e. The van der Waals surface area contributed by atoms with Gasteiger partial charge in [0.1, 0.15) is 0 Å². The summed E-state index contributed by atoms with van der Waals surface area (Å²) in [5.74, 6) is -0.866. The number of nitrogens with one attached hydrogen (secondary N) is 1. The molecule has 0 amide bonds. The van der Waals surface area contributed by atoms with Crippen LogP contribution in [0.3, 0.4) is 0 Å². The fourth-order valence-electron chi connectivity index (χ4n) is 1.23. The van der Waals surface area contributed by atoms with Crippen molar-refractivity contribution in [3.8, 4) is 0 Å². The molecule has 0 saturated carbocycles. The van der Waals surface area contributed by atoms with E-state index in [-0.39, 0.29) is 24.0 Å². The molecule has 0 atom stereocenters. The Labute approximate surface area is 112 Å². The van der Waals surface area contributed by atoms with Gasteiger partial charge in [0.15, 0.2) is 0 Å². The van der Waals surface area contributed by atoms with Crippen LogP contribution in [0.2, 0.25) is 0 Å². The topological polar surface area (TPSA) is 112 Å². The van der Waals surface area contributed by atoms with Crippen LogP contribution in [0, 0.1) is 0 Å². The van der Waals surface area contributed by atoms with E-state index in [1.807, 2.05) is 0 Å². The Bertz CT molecular complexity index is 547. The zero-order chi connectivity index (χ0) is 14.7. The van der Waals surface area contributed by atoms with Crippen molar-refractivity contribution in [3.63, 3.8) is 0 Å². The van der Waals surface area contributed by atoms with Gasteiger partial charge in [-0.25, -0.2) is 17.9 Å². The van der Waals surface area contributed by atoms with Gasteiger partial charge in [0.2, 0.25) is 10.9 Å². The summed E-state index contributed by atoms with van der Waals surface area (Å²) in [6, 6.07) is 2.45. The number of hydrogen-bond acceptors (Lipinski definition) is 6. The number of carbonyl (C=O) groups excluding carboxylic acids is 1. The third-order valence-corrected chi connectivity index (χ3v) is 3.81. The fraction of sp³-hybridized carbons (Fsp3) is 0.545. The van der Waals surface area contributed by atoms with E-state index in [1.54, 1.807) is 20.8 Å². The summed E-state index contributed by atoms with van der Waals surface area (Å²) in [4.78, 5) is 11.4. The van der Waals surface area contributed by atoms with Crippen LogP contribution in [0.15, 0.2) is 21.6 Å². The minimum atomic E-state index is -3.86. The smallest absolute Gasteiger partial charge is 0.374 e. The Kier molecular flexibility index (Phi) is 4.72. The molecule has 1 heterocycles. The van der Waals surface area contributed by atoms with Crippen molar-refractivity contribution in [2.75, 3.05) is 13.2 Å². The summed E-state index contributed by atoms with van der Waals surface area (Å²) in [7, 11) is -3.86. The molecule has 0 fully saturated rings. The number of nitrogens with two attached hydrogens (primary N) is 1. The molecule has 7 nitrogen and oxygen atoms in total. The maximum Gasteiger partial charge on any atom is 0.374 e. The second kappa shape index (κ2) is 5.72. The van der Waals surface area contributed by atoms with Crippen molar-refractivity contribution >= 4 is 16.0 Å². The molecule has 0 spiro atoms. The average Bonchev–Trinajstić information content (AvgIpc) is 2.78. The minimum absolute atomic E-state index is 0.123. The van der Waals surface area contributed by atoms with Crippen LogP contribution < -0.4 is 10.5 Å². The molecule has 3 N–H and O–H groups in total. The first-order chi connectivity index (χ1) is 8.72. The van der Waals surface area contributed by atoms with Gasteiger partial charge in [-0.1, -0.05) is 0 Å². The summed E-state index contributed by atoms with van der Waals surface area (Å²) in [6.45, 7) is 5.22. The molecular weight excluding hydrogens is 272 g/mol.